The first-order valence-electron chi connectivity index (χ1n) is 6.20. The third-order valence-electron chi connectivity index (χ3n) is 2.87. The second-order valence-corrected chi connectivity index (χ2v) is 6.12. The molecular weight excluding hydrogens is 367 g/mol. The molecule has 0 unspecified atom stereocenters. The first kappa shape index (κ1) is 16.4. The molecule has 0 amide bonds. The zero-order valence-electron chi connectivity index (χ0n) is 11.4. The van der Waals surface area contributed by atoms with Crippen LogP contribution in [-0.2, 0) is 18.5 Å². The van der Waals surface area contributed by atoms with E-state index in [1.54, 1.807) is 0 Å². The summed E-state index contributed by atoms with van der Waals surface area (Å²) in [5.41, 5.74) is 1.16. The van der Waals surface area contributed by atoms with Gasteiger partial charge in [0.05, 0.1) is 26.4 Å². The summed E-state index contributed by atoms with van der Waals surface area (Å²) in [6.45, 7) is 4.63. The van der Waals surface area contributed by atoms with Gasteiger partial charge < -0.3 is 0 Å². The Morgan fingerprint density at radius 3 is 2.57 bits per heavy atom. The van der Waals surface area contributed by atoms with Gasteiger partial charge in [0.25, 0.3) is 0 Å². The maximum atomic E-state index is 12.5. The zero-order valence-corrected chi connectivity index (χ0v) is 13.8. The molecule has 0 fully saturated rings. The van der Waals surface area contributed by atoms with E-state index in [0.717, 1.165) is 34.7 Å². The van der Waals surface area contributed by atoms with Crippen LogP contribution in [0.1, 0.15) is 23.9 Å². The summed E-state index contributed by atoms with van der Waals surface area (Å²) < 4.78 is 40.2. The number of nitrogens with zero attached hydrogens (tertiary/aromatic N) is 3. The molecule has 0 atom stereocenters. The minimum atomic E-state index is -4.35. The minimum Gasteiger partial charge on any atom is -0.268 e. The number of hydrogen-bond donors (Lipinski definition) is 0. The highest BCUT2D eigenvalue weighted by atomic mass is 79.9. The molecule has 0 aromatic carbocycles. The molecule has 0 aliphatic rings. The standard InChI is InChI=1S/C13H13BrF3N3S/c1-3-20-10(12(14)8(2)19-20)7-21-11-5-4-9(6-18-11)13(15,16)17/h4-6H,3,7H2,1-2H3. The molecule has 114 valence electrons. The second kappa shape index (κ2) is 6.39. The summed E-state index contributed by atoms with van der Waals surface area (Å²) in [7, 11) is 0. The van der Waals surface area contributed by atoms with Crippen LogP contribution in [0, 0.1) is 6.92 Å². The van der Waals surface area contributed by atoms with Crippen molar-refractivity contribution in [1.29, 1.82) is 0 Å². The zero-order chi connectivity index (χ0) is 15.6. The van der Waals surface area contributed by atoms with Crippen LogP contribution in [0.25, 0.3) is 0 Å². The smallest absolute Gasteiger partial charge is 0.268 e. The van der Waals surface area contributed by atoms with Gasteiger partial charge in [0.15, 0.2) is 0 Å². The molecule has 21 heavy (non-hydrogen) atoms. The number of pyridine rings is 1. The fraction of sp³-hybridized carbons (Fsp3) is 0.385. The maximum Gasteiger partial charge on any atom is 0.417 e. The van der Waals surface area contributed by atoms with Crippen molar-refractivity contribution in [2.45, 2.75) is 37.3 Å². The van der Waals surface area contributed by atoms with Crippen molar-refractivity contribution in [2.24, 2.45) is 0 Å². The van der Waals surface area contributed by atoms with E-state index in [1.165, 1.54) is 17.8 Å². The Labute approximate surface area is 133 Å². The molecule has 2 rings (SSSR count). The summed E-state index contributed by atoms with van der Waals surface area (Å²) in [5.74, 6) is 0.591. The van der Waals surface area contributed by atoms with Gasteiger partial charge in [-0.05, 0) is 41.9 Å². The fourth-order valence-electron chi connectivity index (χ4n) is 1.78. The number of hydrogen-bond acceptors (Lipinski definition) is 3. The molecule has 0 aliphatic carbocycles. The molecule has 0 aliphatic heterocycles. The number of aromatic nitrogens is 3. The van der Waals surface area contributed by atoms with Gasteiger partial charge in [-0.1, -0.05) is 0 Å². The normalized spacial score (nSPS) is 11.9. The molecule has 3 nitrogen and oxygen atoms in total. The maximum absolute atomic E-state index is 12.5. The van der Waals surface area contributed by atoms with Crippen LogP contribution < -0.4 is 0 Å². The van der Waals surface area contributed by atoms with Crippen LogP contribution >= 0.6 is 27.7 Å². The van der Waals surface area contributed by atoms with Gasteiger partial charge >= 0.3 is 6.18 Å². The van der Waals surface area contributed by atoms with Crippen LogP contribution in [0.15, 0.2) is 27.8 Å². The lowest BCUT2D eigenvalue weighted by Gasteiger charge is -2.07. The Morgan fingerprint density at radius 1 is 1.33 bits per heavy atom. The van der Waals surface area contributed by atoms with Gasteiger partial charge in [-0.25, -0.2) is 4.98 Å². The minimum absolute atomic E-state index is 0.552. The van der Waals surface area contributed by atoms with Crippen molar-refractivity contribution in [1.82, 2.24) is 14.8 Å². The highest BCUT2D eigenvalue weighted by molar-refractivity contribution is 9.10. The van der Waals surface area contributed by atoms with Crippen molar-refractivity contribution < 1.29 is 13.2 Å². The average molecular weight is 380 g/mol. The van der Waals surface area contributed by atoms with E-state index in [4.69, 9.17) is 0 Å². The van der Waals surface area contributed by atoms with E-state index in [1.807, 2.05) is 18.5 Å². The fourth-order valence-corrected chi connectivity index (χ4v) is 3.26. The van der Waals surface area contributed by atoms with E-state index in [2.05, 4.69) is 26.0 Å². The second-order valence-electron chi connectivity index (χ2n) is 4.33. The predicted molar refractivity (Wildman–Crippen MR) is 79.1 cm³/mol. The van der Waals surface area contributed by atoms with Gasteiger partial charge in [0.2, 0.25) is 0 Å². The Hall–Kier alpha value is -1.02. The topological polar surface area (TPSA) is 30.7 Å². The number of aryl methyl sites for hydroxylation is 2. The van der Waals surface area contributed by atoms with Crippen molar-refractivity contribution >= 4 is 27.7 Å². The SMILES string of the molecule is CCn1nc(C)c(Br)c1CSc1ccc(C(F)(F)F)cn1. The monoisotopic (exact) mass is 379 g/mol. The van der Waals surface area contributed by atoms with Crippen LogP contribution in [-0.4, -0.2) is 14.8 Å². The van der Waals surface area contributed by atoms with Crippen molar-refractivity contribution in [3.05, 3.63) is 39.8 Å². The quantitative estimate of drug-likeness (QED) is 0.722. The highest BCUT2D eigenvalue weighted by Crippen LogP contribution is 2.31. The molecule has 0 saturated carbocycles. The van der Waals surface area contributed by atoms with Gasteiger partial charge in [-0.2, -0.15) is 18.3 Å². The average Bonchev–Trinajstić information content (AvgIpc) is 2.71. The van der Waals surface area contributed by atoms with Gasteiger partial charge in [0.1, 0.15) is 0 Å². The molecule has 0 N–H and O–H groups in total. The lowest BCUT2D eigenvalue weighted by molar-refractivity contribution is -0.137. The number of rotatable bonds is 4. The summed E-state index contributed by atoms with van der Waals surface area (Å²) in [6.07, 6.45) is -3.49. The molecule has 8 heteroatoms. The molecule has 0 bridgehead atoms. The molecule has 2 aromatic rings. The van der Waals surface area contributed by atoms with Crippen LogP contribution in [0.5, 0.6) is 0 Å². The van der Waals surface area contributed by atoms with E-state index in [-0.39, 0.29) is 0 Å². The van der Waals surface area contributed by atoms with Crippen molar-refractivity contribution in [2.75, 3.05) is 0 Å². The molecule has 0 saturated heterocycles. The third-order valence-corrected chi connectivity index (χ3v) is 4.86. The summed E-state index contributed by atoms with van der Waals surface area (Å²) in [5, 5.41) is 4.93. The summed E-state index contributed by atoms with van der Waals surface area (Å²) in [4.78, 5) is 3.85. The summed E-state index contributed by atoms with van der Waals surface area (Å²) in [6, 6.07) is 2.44. The lowest BCUT2D eigenvalue weighted by atomic mass is 10.3. The molecule has 2 aromatic heterocycles. The number of thioether (sulfide) groups is 1. The summed E-state index contributed by atoms with van der Waals surface area (Å²) >= 11 is 4.87. The van der Waals surface area contributed by atoms with E-state index in [9.17, 15) is 13.2 Å². The van der Waals surface area contributed by atoms with E-state index < -0.39 is 11.7 Å². The van der Waals surface area contributed by atoms with Crippen LogP contribution in [0.3, 0.4) is 0 Å². The molecule has 2 heterocycles. The predicted octanol–water partition coefficient (Wildman–Crippen LogP) is 4.68. The van der Waals surface area contributed by atoms with E-state index in [0.29, 0.717) is 10.8 Å². The third kappa shape index (κ3) is 3.79. The van der Waals surface area contributed by atoms with Crippen molar-refractivity contribution in [3.63, 3.8) is 0 Å². The molecule has 0 spiro atoms. The van der Waals surface area contributed by atoms with Gasteiger partial charge in [-0.15, -0.1) is 11.8 Å². The first-order valence-corrected chi connectivity index (χ1v) is 7.98. The molecule has 0 radical (unpaired) electrons. The first-order chi connectivity index (χ1) is 9.82. The number of alkyl halides is 3. The van der Waals surface area contributed by atoms with Crippen molar-refractivity contribution in [3.8, 4) is 0 Å². The van der Waals surface area contributed by atoms with Crippen LogP contribution in [0.2, 0.25) is 0 Å². The Bertz CT molecular complexity index is 623. The lowest BCUT2D eigenvalue weighted by Crippen LogP contribution is -2.05. The van der Waals surface area contributed by atoms with E-state index >= 15 is 0 Å². The van der Waals surface area contributed by atoms with Gasteiger partial charge in [-0.3, -0.25) is 4.68 Å². The van der Waals surface area contributed by atoms with Gasteiger partial charge in [0, 0.05) is 18.5 Å². The Balaban J connectivity index is 2.10. The number of halogens is 4. The largest absolute Gasteiger partial charge is 0.417 e. The Morgan fingerprint density at radius 2 is 2.05 bits per heavy atom. The molecular formula is C13H13BrF3N3S. The Kier molecular flexibility index (Phi) is 4.98. The highest BCUT2D eigenvalue weighted by Gasteiger charge is 2.30. The van der Waals surface area contributed by atoms with Crippen LogP contribution in [0.4, 0.5) is 13.2 Å².